The average molecular weight is 378 g/mol. The Bertz CT molecular complexity index is 698. The minimum atomic E-state index is -4.62. The van der Waals surface area contributed by atoms with Gasteiger partial charge in [-0.25, -0.2) is 4.79 Å². The highest BCUT2D eigenvalue weighted by molar-refractivity contribution is 6.31. The molecule has 1 aromatic rings. The summed E-state index contributed by atoms with van der Waals surface area (Å²) in [7, 11) is 0. The van der Waals surface area contributed by atoms with E-state index in [1.165, 1.54) is 11.0 Å². The molecule has 0 unspecified atom stereocenters. The highest BCUT2D eigenvalue weighted by atomic mass is 35.5. The van der Waals surface area contributed by atoms with E-state index < -0.39 is 28.7 Å². The van der Waals surface area contributed by atoms with Crippen molar-refractivity contribution in [1.82, 2.24) is 10.2 Å². The summed E-state index contributed by atoms with van der Waals surface area (Å²) in [4.78, 5) is 25.8. The number of amides is 3. The first-order valence-corrected chi connectivity index (χ1v) is 7.92. The standard InChI is InChI=1S/C15H15ClF3N3O3/c16-12-2-1-9(3-11(12)15(17,18)19)21-14(24)22-4-8-6-25-7-10(5-22)20-13(8)23/h1-3,8,10H,4-7H2,(H,20,23)(H,21,24)/t8-,10+/m1/s1. The highest BCUT2D eigenvalue weighted by Gasteiger charge is 2.36. The Balaban J connectivity index is 1.75. The van der Waals surface area contributed by atoms with Crippen molar-refractivity contribution in [3.05, 3.63) is 28.8 Å². The van der Waals surface area contributed by atoms with E-state index >= 15 is 0 Å². The molecule has 1 aromatic carbocycles. The lowest BCUT2D eigenvalue weighted by Gasteiger charge is -2.27. The van der Waals surface area contributed by atoms with Crippen molar-refractivity contribution in [3.8, 4) is 0 Å². The van der Waals surface area contributed by atoms with E-state index in [1.54, 1.807) is 0 Å². The van der Waals surface area contributed by atoms with Gasteiger partial charge in [0.05, 0.1) is 35.8 Å². The Labute approximate surface area is 146 Å². The summed E-state index contributed by atoms with van der Waals surface area (Å²) in [6, 6.07) is 2.23. The van der Waals surface area contributed by atoms with Crippen LogP contribution in [0.1, 0.15) is 5.56 Å². The molecule has 0 aromatic heterocycles. The summed E-state index contributed by atoms with van der Waals surface area (Å²) in [5, 5.41) is 4.76. The molecule has 10 heteroatoms. The molecular weight excluding hydrogens is 363 g/mol. The maximum Gasteiger partial charge on any atom is 0.417 e. The Morgan fingerprint density at radius 3 is 2.80 bits per heavy atom. The number of carbonyl (C=O) groups excluding carboxylic acids is 2. The van der Waals surface area contributed by atoms with Gasteiger partial charge < -0.3 is 20.3 Å². The lowest BCUT2D eigenvalue weighted by Crippen LogP contribution is -2.46. The number of ether oxygens (including phenoxy) is 1. The molecule has 136 valence electrons. The number of rotatable bonds is 1. The molecule has 25 heavy (non-hydrogen) atoms. The van der Waals surface area contributed by atoms with Crippen molar-refractivity contribution >= 4 is 29.2 Å². The second-order valence-corrected chi connectivity index (χ2v) is 6.37. The summed E-state index contributed by atoms with van der Waals surface area (Å²) >= 11 is 5.57. The molecule has 2 fully saturated rings. The minimum Gasteiger partial charge on any atom is -0.378 e. The van der Waals surface area contributed by atoms with E-state index in [2.05, 4.69) is 10.6 Å². The summed E-state index contributed by atoms with van der Waals surface area (Å²) in [5.41, 5.74) is -1.04. The zero-order chi connectivity index (χ0) is 18.2. The maximum absolute atomic E-state index is 12.9. The first-order chi connectivity index (χ1) is 11.7. The topological polar surface area (TPSA) is 70.7 Å². The zero-order valence-corrected chi connectivity index (χ0v) is 13.7. The van der Waals surface area contributed by atoms with Crippen LogP contribution in [0.5, 0.6) is 0 Å². The number of alkyl halides is 3. The van der Waals surface area contributed by atoms with Gasteiger partial charge in [0.15, 0.2) is 0 Å². The molecule has 2 N–H and O–H groups in total. The number of halogens is 4. The van der Waals surface area contributed by atoms with E-state index in [0.717, 1.165) is 12.1 Å². The normalized spacial score (nSPS) is 23.7. The smallest absolute Gasteiger partial charge is 0.378 e. The number of nitrogens with zero attached hydrogens (tertiary/aromatic N) is 1. The van der Waals surface area contributed by atoms with Gasteiger partial charge in [0.25, 0.3) is 0 Å². The van der Waals surface area contributed by atoms with E-state index in [4.69, 9.17) is 16.3 Å². The molecular formula is C15H15ClF3N3O3. The molecule has 2 aliphatic rings. The van der Waals surface area contributed by atoms with Crippen LogP contribution < -0.4 is 10.6 Å². The first kappa shape index (κ1) is 17.8. The molecule has 2 bridgehead atoms. The molecule has 3 amide bonds. The van der Waals surface area contributed by atoms with Crippen LogP contribution >= 0.6 is 11.6 Å². The lowest BCUT2D eigenvalue weighted by molar-refractivity contribution is -0.137. The van der Waals surface area contributed by atoms with Crippen LogP contribution in [0.3, 0.4) is 0 Å². The van der Waals surface area contributed by atoms with Crippen molar-refractivity contribution < 1.29 is 27.5 Å². The molecule has 2 saturated heterocycles. The van der Waals surface area contributed by atoms with E-state index in [0.29, 0.717) is 0 Å². The van der Waals surface area contributed by atoms with Crippen molar-refractivity contribution in [2.24, 2.45) is 5.92 Å². The number of fused-ring (bicyclic) bond motifs is 3. The van der Waals surface area contributed by atoms with Crippen LogP contribution in [0.15, 0.2) is 18.2 Å². The monoisotopic (exact) mass is 377 g/mol. The van der Waals surface area contributed by atoms with Gasteiger partial charge in [0, 0.05) is 18.8 Å². The second-order valence-electron chi connectivity index (χ2n) is 5.97. The third-order valence-corrected chi connectivity index (χ3v) is 4.38. The van der Waals surface area contributed by atoms with Gasteiger partial charge in [-0.3, -0.25) is 4.79 Å². The molecule has 0 radical (unpaired) electrons. The summed E-state index contributed by atoms with van der Waals surface area (Å²) in [6.45, 7) is 0.831. The molecule has 0 aliphatic carbocycles. The Hall–Kier alpha value is -2.00. The van der Waals surface area contributed by atoms with Gasteiger partial charge in [-0.05, 0) is 18.2 Å². The molecule has 3 rings (SSSR count). The van der Waals surface area contributed by atoms with Gasteiger partial charge in [-0.2, -0.15) is 13.2 Å². The number of hydrogen-bond donors (Lipinski definition) is 2. The summed E-state index contributed by atoms with van der Waals surface area (Å²) in [5.74, 6) is -0.696. The van der Waals surface area contributed by atoms with Crippen LogP contribution in [-0.4, -0.2) is 49.2 Å². The third kappa shape index (κ3) is 3.98. The first-order valence-electron chi connectivity index (χ1n) is 7.55. The van der Waals surface area contributed by atoms with Crippen LogP contribution in [0.25, 0.3) is 0 Å². The minimum absolute atomic E-state index is 0.0216. The lowest BCUT2D eigenvalue weighted by atomic mass is 10.1. The van der Waals surface area contributed by atoms with Crippen LogP contribution in [0.4, 0.5) is 23.7 Å². The Morgan fingerprint density at radius 1 is 1.32 bits per heavy atom. The van der Waals surface area contributed by atoms with Gasteiger partial charge >= 0.3 is 12.2 Å². The van der Waals surface area contributed by atoms with Crippen molar-refractivity contribution in [2.45, 2.75) is 12.2 Å². The van der Waals surface area contributed by atoms with E-state index in [1.807, 2.05) is 0 Å². The fraction of sp³-hybridized carbons (Fsp3) is 0.467. The maximum atomic E-state index is 12.9. The van der Waals surface area contributed by atoms with Crippen LogP contribution in [0, 0.1) is 5.92 Å². The van der Waals surface area contributed by atoms with E-state index in [9.17, 15) is 22.8 Å². The van der Waals surface area contributed by atoms with Gasteiger partial charge in [-0.15, -0.1) is 0 Å². The van der Waals surface area contributed by atoms with Crippen LogP contribution in [-0.2, 0) is 15.7 Å². The number of anilines is 1. The quantitative estimate of drug-likeness (QED) is 0.789. The SMILES string of the molecule is O=C1N[C@@H]2COC[C@H]1CN(C(=O)Nc1ccc(Cl)c(C(F)(F)F)c1)C2. The van der Waals surface area contributed by atoms with Gasteiger partial charge in [0.1, 0.15) is 0 Å². The van der Waals surface area contributed by atoms with Crippen LogP contribution in [0.2, 0.25) is 5.02 Å². The number of urea groups is 1. The Kier molecular flexibility index (Phi) is 4.79. The zero-order valence-electron chi connectivity index (χ0n) is 12.9. The Morgan fingerprint density at radius 2 is 2.08 bits per heavy atom. The number of nitrogens with one attached hydrogen (secondary N) is 2. The summed E-state index contributed by atoms with van der Waals surface area (Å²) < 4.78 is 44.1. The number of hydrogen-bond acceptors (Lipinski definition) is 3. The van der Waals surface area contributed by atoms with Crippen molar-refractivity contribution in [2.75, 3.05) is 31.6 Å². The molecule has 2 heterocycles. The summed E-state index contributed by atoms with van der Waals surface area (Å²) in [6.07, 6.45) is -4.62. The van der Waals surface area contributed by atoms with Crippen molar-refractivity contribution in [3.63, 3.8) is 0 Å². The molecule has 0 saturated carbocycles. The number of carbonyl (C=O) groups is 2. The predicted molar refractivity (Wildman–Crippen MR) is 83.3 cm³/mol. The highest BCUT2D eigenvalue weighted by Crippen LogP contribution is 2.36. The number of benzene rings is 1. The van der Waals surface area contributed by atoms with Gasteiger partial charge in [-0.1, -0.05) is 11.6 Å². The van der Waals surface area contributed by atoms with Gasteiger partial charge in [0.2, 0.25) is 5.91 Å². The average Bonchev–Trinajstić information content (AvgIpc) is 2.76. The largest absolute Gasteiger partial charge is 0.417 e. The fourth-order valence-electron chi connectivity index (χ4n) is 2.82. The third-order valence-electron chi connectivity index (χ3n) is 4.05. The van der Waals surface area contributed by atoms with Crippen molar-refractivity contribution in [1.29, 1.82) is 0 Å². The predicted octanol–water partition coefficient (Wildman–Crippen LogP) is 2.34. The molecule has 2 aliphatic heterocycles. The molecule has 2 atom stereocenters. The molecule has 0 spiro atoms. The second kappa shape index (κ2) is 6.72. The molecule has 6 nitrogen and oxygen atoms in total. The fourth-order valence-corrected chi connectivity index (χ4v) is 3.04. The van der Waals surface area contributed by atoms with E-state index in [-0.39, 0.29) is 43.9 Å².